The molecule has 2 unspecified atom stereocenters. The zero-order valence-corrected chi connectivity index (χ0v) is 11.0. The molecular weight excluding hydrogens is 280 g/mol. The molecule has 0 N–H and O–H groups in total. The zero-order chi connectivity index (χ0) is 14.3. The van der Waals surface area contributed by atoms with Crippen molar-refractivity contribution >= 4 is 27.8 Å². The van der Waals surface area contributed by atoms with Gasteiger partial charge in [0, 0.05) is 6.21 Å². The van der Waals surface area contributed by atoms with Crippen LogP contribution in [0.4, 0.5) is 0 Å². The summed E-state index contributed by atoms with van der Waals surface area (Å²) in [5, 5.41) is 3.81. The Morgan fingerprint density at radius 1 is 1.10 bits per heavy atom. The Labute approximate surface area is 115 Å². The van der Waals surface area contributed by atoms with Crippen LogP contribution in [-0.4, -0.2) is 36.7 Å². The van der Waals surface area contributed by atoms with Gasteiger partial charge in [0.15, 0.2) is 0 Å². The molecule has 0 saturated carbocycles. The number of nitrogens with zero attached hydrogens (tertiary/aromatic N) is 2. The lowest BCUT2D eigenvalue weighted by Gasteiger charge is -2.25. The molecule has 0 spiro atoms. The number of hydrogen-bond donors (Lipinski definition) is 0. The van der Waals surface area contributed by atoms with Crippen molar-refractivity contribution < 1.29 is 18.0 Å². The lowest BCUT2D eigenvalue weighted by atomic mass is 9.90. The number of rotatable bonds is 2. The molecule has 20 heavy (non-hydrogen) atoms. The summed E-state index contributed by atoms with van der Waals surface area (Å²) >= 11 is 0. The highest BCUT2D eigenvalue weighted by Crippen LogP contribution is 2.29. The number of hydrogen-bond acceptors (Lipinski definition) is 5. The predicted octanol–water partition coefficient (Wildman–Crippen LogP) is 0.370. The highest BCUT2D eigenvalue weighted by Gasteiger charge is 2.44. The summed E-state index contributed by atoms with van der Waals surface area (Å²) in [6.07, 6.45) is 3.72. The summed E-state index contributed by atoms with van der Waals surface area (Å²) in [6, 6.07) is 7.07. The van der Waals surface area contributed by atoms with Gasteiger partial charge in [-0.25, -0.2) is 0 Å². The summed E-state index contributed by atoms with van der Waals surface area (Å²) in [7, 11) is -3.83. The van der Waals surface area contributed by atoms with Gasteiger partial charge in [-0.05, 0) is 18.2 Å². The maximum absolute atomic E-state index is 12.5. The minimum atomic E-state index is -3.83. The zero-order valence-electron chi connectivity index (χ0n) is 10.2. The van der Waals surface area contributed by atoms with Crippen molar-refractivity contribution in [2.45, 2.75) is 10.9 Å². The van der Waals surface area contributed by atoms with Crippen LogP contribution in [0.3, 0.4) is 0 Å². The molecule has 7 heteroatoms. The largest absolute Gasteiger partial charge is 0.290 e. The molecule has 2 atom stereocenters. The molecule has 1 heterocycles. The lowest BCUT2D eigenvalue weighted by Crippen LogP contribution is -2.42. The molecular formula is C13H10N2O4S. The molecule has 1 aliphatic carbocycles. The Morgan fingerprint density at radius 3 is 2.50 bits per heavy atom. The molecule has 0 amide bonds. The Hall–Kier alpha value is -2.28. The van der Waals surface area contributed by atoms with Gasteiger partial charge in [-0.15, -0.1) is 0 Å². The minimum absolute atomic E-state index is 0.0931. The van der Waals surface area contributed by atoms with Gasteiger partial charge >= 0.3 is 0 Å². The van der Waals surface area contributed by atoms with Gasteiger partial charge in [0.25, 0.3) is 10.0 Å². The van der Waals surface area contributed by atoms with E-state index < -0.39 is 33.5 Å². The van der Waals surface area contributed by atoms with Crippen molar-refractivity contribution in [3.05, 3.63) is 42.5 Å². The average Bonchev–Trinajstić information content (AvgIpc) is 2.89. The van der Waals surface area contributed by atoms with Crippen LogP contribution in [0.25, 0.3) is 0 Å². The first kappa shape index (κ1) is 12.7. The highest BCUT2D eigenvalue weighted by atomic mass is 32.2. The number of Topliss-reactive ketones (excluding diaryl/α,β-unsaturated/α-hetero) is 1. The number of allylic oxidation sites excluding steroid dienone is 1. The first-order valence-electron chi connectivity index (χ1n) is 5.92. The van der Waals surface area contributed by atoms with E-state index in [4.69, 9.17) is 0 Å². The molecule has 6 nitrogen and oxygen atoms in total. The Morgan fingerprint density at radius 2 is 1.80 bits per heavy atom. The second-order valence-electron chi connectivity index (χ2n) is 4.46. The summed E-state index contributed by atoms with van der Waals surface area (Å²) < 4.78 is 25.8. The monoisotopic (exact) mass is 290 g/mol. The van der Waals surface area contributed by atoms with Crippen LogP contribution in [0.2, 0.25) is 0 Å². The highest BCUT2D eigenvalue weighted by molar-refractivity contribution is 7.89. The first-order valence-corrected chi connectivity index (χ1v) is 7.36. The van der Waals surface area contributed by atoms with Gasteiger partial charge in [-0.2, -0.15) is 17.9 Å². The smallest absolute Gasteiger partial charge is 0.279 e. The van der Waals surface area contributed by atoms with E-state index in [1.165, 1.54) is 24.4 Å². The number of ketones is 2. The molecule has 1 aromatic carbocycles. The van der Waals surface area contributed by atoms with E-state index in [1.54, 1.807) is 18.2 Å². The van der Waals surface area contributed by atoms with Crippen molar-refractivity contribution in [1.82, 2.24) is 4.41 Å². The Kier molecular flexibility index (Phi) is 2.79. The van der Waals surface area contributed by atoms with Crippen LogP contribution in [0.1, 0.15) is 0 Å². The molecule has 0 aromatic heterocycles. The number of carbonyl (C=O) groups is 2. The number of carbonyl (C=O) groups excluding carboxylic acids is 2. The van der Waals surface area contributed by atoms with Crippen molar-refractivity contribution in [2.24, 2.45) is 11.0 Å². The van der Waals surface area contributed by atoms with Crippen LogP contribution >= 0.6 is 0 Å². The quantitative estimate of drug-likeness (QED) is 0.737. The Bertz CT molecular complexity index is 737. The fourth-order valence-electron chi connectivity index (χ4n) is 2.21. The summed E-state index contributed by atoms with van der Waals surface area (Å²) in [6.45, 7) is 0. The van der Waals surface area contributed by atoms with Crippen molar-refractivity contribution in [3.8, 4) is 0 Å². The van der Waals surface area contributed by atoms with Gasteiger partial charge in [0.05, 0.1) is 16.9 Å². The van der Waals surface area contributed by atoms with Crippen LogP contribution in [0.5, 0.6) is 0 Å². The Balaban J connectivity index is 2.01. The first-order chi connectivity index (χ1) is 9.51. The topological polar surface area (TPSA) is 83.9 Å². The van der Waals surface area contributed by atoms with Crippen LogP contribution in [0, 0.1) is 5.92 Å². The van der Waals surface area contributed by atoms with Crippen LogP contribution in [0.15, 0.2) is 52.5 Å². The number of fused-ring (bicyclic) bond motifs is 1. The van der Waals surface area contributed by atoms with Crippen molar-refractivity contribution in [2.75, 3.05) is 0 Å². The average molecular weight is 290 g/mol. The predicted molar refractivity (Wildman–Crippen MR) is 70.4 cm³/mol. The second-order valence-corrected chi connectivity index (χ2v) is 6.25. The molecule has 1 aliphatic heterocycles. The van der Waals surface area contributed by atoms with E-state index in [0.29, 0.717) is 0 Å². The molecule has 0 bridgehead atoms. The molecule has 0 fully saturated rings. The van der Waals surface area contributed by atoms with E-state index in [2.05, 4.69) is 5.10 Å². The fourth-order valence-corrected chi connectivity index (χ4v) is 3.63. The maximum Gasteiger partial charge on any atom is 0.279 e. The normalized spacial score (nSPS) is 25.1. The maximum atomic E-state index is 12.5. The molecule has 0 saturated heterocycles. The third-order valence-electron chi connectivity index (χ3n) is 3.24. The number of sulfonamides is 1. The van der Waals surface area contributed by atoms with E-state index >= 15 is 0 Å². The van der Waals surface area contributed by atoms with Gasteiger partial charge in [0.2, 0.25) is 11.6 Å². The van der Waals surface area contributed by atoms with Gasteiger partial charge in [0.1, 0.15) is 0 Å². The summed E-state index contributed by atoms with van der Waals surface area (Å²) in [5.41, 5.74) is 0. The summed E-state index contributed by atoms with van der Waals surface area (Å²) in [5.74, 6) is -2.09. The van der Waals surface area contributed by atoms with Gasteiger partial charge in [-0.3, -0.25) is 9.59 Å². The lowest BCUT2D eigenvalue weighted by molar-refractivity contribution is -0.135. The third kappa shape index (κ3) is 1.78. The van der Waals surface area contributed by atoms with Crippen molar-refractivity contribution in [1.29, 1.82) is 0 Å². The molecule has 1 aromatic rings. The van der Waals surface area contributed by atoms with Crippen LogP contribution < -0.4 is 0 Å². The number of hydrazone groups is 1. The second kappa shape index (κ2) is 4.38. The minimum Gasteiger partial charge on any atom is -0.290 e. The molecule has 3 rings (SSSR count). The fraction of sp³-hybridized carbons (Fsp3) is 0.154. The molecule has 102 valence electrons. The van der Waals surface area contributed by atoms with E-state index in [9.17, 15) is 18.0 Å². The summed E-state index contributed by atoms with van der Waals surface area (Å²) in [4.78, 5) is 23.1. The standard InChI is InChI=1S/C13H10N2O4S/c16-12-7-6-11-10(13(12)17)8-14-15(11)20(18,19)9-4-2-1-3-5-9/h1-8,10-11H. The van der Waals surface area contributed by atoms with Crippen LogP contribution in [-0.2, 0) is 19.6 Å². The van der Waals surface area contributed by atoms with E-state index in [0.717, 1.165) is 10.5 Å². The van der Waals surface area contributed by atoms with Gasteiger partial charge in [-0.1, -0.05) is 24.3 Å². The molecule has 0 radical (unpaired) electrons. The SMILES string of the molecule is O=C1C=CC2C(C=NN2S(=O)(=O)c2ccccc2)C1=O. The van der Waals surface area contributed by atoms with E-state index in [1.807, 2.05) is 0 Å². The third-order valence-corrected chi connectivity index (χ3v) is 4.94. The van der Waals surface area contributed by atoms with E-state index in [-0.39, 0.29) is 4.90 Å². The van der Waals surface area contributed by atoms with Crippen molar-refractivity contribution in [3.63, 3.8) is 0 Å². The van der Waals surface area contributed by atoms with Gasteiger partial charge < -0.3 is 0 Å². The number of benzene rings is 1. The molecule has 2 aliphatic rings.